The SMILES string of the molecule is O=C(O)C[C@H]1COCCN1C(=O)c1cccc([C@@H]2CCOC2)c1. The number of carboxylic acid groups (broad SMARTS) is 1. The minimum Gasteiger partial charge on any atom is -0.481 e. The van der Waals surface area contributed by atoms with E-state index in [1.54, 1.807) is 11.0 Å². The van der Waals surface area contributed by atoms with Gasteiger partial charge in [-0.1, -0.05) is 12.1 Å². The molecule has 2 atom stereocenters. The summed E-state index contributed by atoms with van der Waals surface area (Å²) in [4.78, 5) is 25.4. The average molecular weight is 319 g/mol. The Bertz CT molecular complexity index is 582. The van der Waals surface area contributed by atoms with E-state index in [1.165, 1.54) is 0 Å². The van der Waals surface area contributed by atoms with Gasteiger partial charge in [0.05, 0.1) is 32.3 Å². The van der Waals surface area contributed by atoms with Crippen molar-refractivity contribution in [3.8, 4) is 0 Å². The number of amides is 1. The highest BCUT2D eigenvalue weighted by molar-refractivity contribution is 5.95. The highest BCUT2D eigenvalue weighted by atomic mass is 16.5. The van der Waals surface area contributed by atoms with Crippen molar-refractivity contribution in [2.75, 3.05) is 33.0 Å². The number of carbonyl (C=O) groups excluding carboxylic acids is 1. The lowest BCUT2D eigenvalue weighted by Crippen LogP contribution is -2.49. The summed E-state index contributed by atoms with van der Waals surface area (Å²) in [5.41, 5.74) is 1.71. The third kappa shape index (κ3) is 3.71. The van der Waals surface area contributed by atoms with Crippen molar-refractivity contribution in [3.63, 3.8) is 0 Å². The standard InChI is InChI=1S/C17H21NO5/c19-16(20)9-15-11-23-7-5-18(15)17(21)13-3-1-2-12(8-13)14-4-6-22-10-14/h1-3,8,14-15H,4-7,9-11H2,(H,19,20)/t14-,15+/m1/s1. The molecule has 3 rings (SSSR count). The molecule has 2 aliphatic heterocycles. The van der Waals surface area contributed by atoms with Gasteiger partial charge in [-0.05, 0) is 24.1 Å². The lowest BCUT2D eigenvalue weighted by molar-refractivity contribution is -0.139. The van der Waals surface area contributed by atoms with Gasteiger partial charge in [0.15, 0.2) is 0 Å². The zero-order chi connectivity index (χ0) is 16.2. The first-order valence-electron chi connectivity index (χ1n) is 7.93. The Hall–Kier alpha value is -1.92. The number of aliphatic carboxylic acids is 1. The third-order valence-electron chi connectivity index (χ3n) is 4.43. The van der Waals surface area contributed by atoms with E-state index in [-0.39, 0.29) is 18.9 Å². The van der Waals surface area contributed by atoms with Crippen LogP contribution in [-0.4, -0.2) is 60.9 Å². The van der Waals surface area contributed by atoms with Gasteiger partial charge < -0.3 is 19.5 Å². The van der Waals surface area contributed by atoms with Crippen LogP contribution in [0.1, 0.15) is 34.7 Å². The van der Waals surface area contributed by atoms with Crippen molar-refractivity contribution in [2.45, 2.75) is 24.8 Å². The van der Waals surface area contributed by atoms with Gasteiger partial charge in [0.2, 0.25) is 0 Å². The molecule has 0 spiro atoms. The number of carbonyl (C=O) groups is 2. The molecule has 0 aliphatic carbocycles. The fourth-order valence-electron chi connectivity index (χ4n) is 3.18. The number of hydrogen-bond donors (Lipinski definition) is 1. The van der Waals surface area contributed by atoms with Crippen LogP contribution in [0.15, 0.2) is 24.3 Å². The van der Waals surface area contributed by atoms with Gasteiger partial charge in [-0.15, -0.1) is 0 Å². The van der Waals surface area contributed by atoms with E-state index >= 15 is 0 Å². The van der Waals surface area contributed by atoms with Crippen molar-refractivity contribution in [2.24, 2.45) is 0 Å². The summed E-state index contributed by atoms with van der Waals surface area (Å²) in [5, 5.41) is 9.02. The quantitative estimate of drug-likeness (QED) is 0.910. The highest BCUT2D eigenvalue weighted by Crippen LogP contribution is 2.26. The first-order valence-corrected chi connectivity index (χ1v) is 7.93. The minimum atomic E-state index is -0.921. The molecule has 1 aromatic rings. The first-order chi connectivity index (χ1) is 11.1. The monoisotopic (exact) mass is 319 g/mol. The van der Waals surface area contributed by atoms with E-state index in [0.29, 0.717) is 31.2 Å². The Morgan fingerprint density at radius 3 is 2.78 bits per heavy atom. The molecule has 0 saturated carbocycles. The van der Waals surface area contributed by atoms with Gasteiger partial charge >= 0.3 is 5.97 Å². The van der Waals surface area contributed by atoms with E-state index in [1.807, 2.05) is 18.2 Å². The summed E-state index contributed by atoms with van der Waals surface area (Å²) >= 11 is 0. The molecular weight excluding hydrogens is 298 g/mol. The predicted molar refractivity (Wildman–Crippen MR) is 82.5 cm³/mol. The van der Waals surface area contributed by atoms with Crippen molar-refractivity contribution in [3.05, 3.63) is 35.4 Å². The molecule has 6 heteroatoms. The van der Waals surface area contributed by atoms with Crippen molar-refractivity contribution in [1.29, 1.82) is 0 Å². The maximum absolute atomic E-state index is 12.8. The molecule has 0 bridgehead atoms. The average Bonchev–Trinajstić information content (AvgIpc) is 3.09. The molecule has 1 aromatic carbocycles. The second-order valence-corrected chi connectivity index (χ2v) is 6.01. The van der Waals surface area contributed by atoms with Crippen LogP contribution >= 0.6 is 0 Å². The number of nitrogens with zero attached hydrogens (tertiary/aromatic N) is 1. The molecule has 2 saturated heterocycles. The van der Waals surface area contributed by atoms with Crippen LogP contribution in [0.3, 0.4) is 0 Å². The number of ether oxygens (including phenoxy) is 2. The van der Waals surface area contributed by atoms with E-state index < -0.39 is 12.0 Å². The first kappa shape index (κ1) is 16.0. The van der Waals surface area contributed by atoms with Crippen LogP contribution in [0, 0.1) is 0 Å². The van der Waals surface area contributed by atoms with Crippen LogP contribution in [0.5, 0.6) is 0 Å². The van der Waals surface area contributed by atoms with Crippen LogP contribution < -0.4 is 0 Å². The van der Waals surface area contributed by atoms with Gasteiger partial charge in [-0.3, -0.25) is 9.59 Å². The highest BCUT2D eigenvalue weighted by Gasteiger charge is 2.30. The van der Waals surface area contributed by atoms with E-state index in [4.69, 9.17) is 14.6 Å². The normalized spacial score (nSPS) is 24.6. The molecule has 1 N–H and O–H groups in total. The van der Waals surface area contributed by atoms with Gasteiger partial charge in [-0.2, -0.15) is 0 Å². The largest absolute Gasteiger partial charge is 0.481 e. The molecule has 0 unspecified atom stereocenters. The molecule has 2 fully saturated rings. The lowest BCUT2D eigenvalue weighted by atomic mass is 9.96. The molecule has 0 radical (unpaired) electrons. The molecule has 0 aromatic heterocycles. The zero-order valence-electron chi connectivity index (χ0n) is 12.9. The summed E-state index contributed by atoms with van der Waals surface area (Å²) in [5.74, 6) is -0.710. The maximum atomic E-state index is 12.8. The molecule has 23 heavy (non-hydrogen) atoms. The number of morpholine rings is 1. The Kier molecular flexibility index (Phi) is 4.93. The van der Waals surface area contributed by atoms with Crippen LogP contribution in [-0.2, 0) is 14.3 Å². The van der Waals surface area contributed by atoms with E-state index in [9.17, 15) is 9.59 Å². The molecule has 2 aliphatic rings. The summed E-state index contributed by atoms with van der Waals surface area (Å²) in [6.45, 7) is 2.59. The van der Waals surface area contributed by atoms with Crippen LogP contribution in [0.2, 0.25) is 0 Å². The van der Waals surface area contributed by atoms with E-state index in [0.717, 1.165) is 18.6 Å². The topological polar surface area (TPSA) is 76.1 Å². The number of rotatable bonds is 4. The van der Waals surface area contributed by atoms with E-state index in [2.05, 4.69) is 0 Å². The second-order valence-electron chi connectivity index (χ2n) is 6.01. The second kappa shape index (κ2) is 7.10. The van der Waals surface area contributed by atoms with Crippen molar-refractivity contribution in [1.82, 2.24) is 4.90 Å². The van der Waals surface area contributed by atoms with Gasteiger partial charge in [0.25, 0.3) is 5.91 Å². The number of hydrogen-bond acceptors (Lipinski definition) is 4. The Morgan fingerprint density at radius 2 is 2.04 bits per heavy atom. The Labute approximate surface area is 135 Å². The number of benzene rings is 1. The smallest absolute Gasteiger partial charge is 0.305 e. The Balaban J connectivity index is 1.78. The lowest BCUT2D eigenvalue weighted by Gasteiger charge is -2.35. The molecular formula is C17H21NO5. The summed E-state index contributed by atoms with van der Waals surface area (Å²) in [6.07, 6.45) is 0.874. The minimum absolute atomic E-state index is 0.0953. The maximum Gasteiger partial charge on any atom is 0.305 e. The van der Waals surface area contributed by atoms with Crippen LogP contribution in [0.25, 0.3) is 0 Å². The molecule has 124 valence electrons. The molecule has 6 nitrogen and oxygen atoms in total. The zero-order valence-corrected chi connectivity index (χ0v) is 12.9. The van der Waals surface area contributed by atoms with Crippen LogP contribution in [0.4, 0.5) is 0 Å². The number of carboxylic acids is 1. The third-order valence-corrected chi connectivity index (χ3v) is 4.43. The summed E-state index contributed by atoms with van der Waals surface area (Å²) < 4.78 is 10.7. The molecule has 1 amide bonds. The van der Waals surface area contributed by atoms with Gasteiger partial charge in [0, 0.05) is 24.6 Å². The van der Waals surface area contributed by atoms with Gasteiger partial charge in [0.1, 0.15) is 0 Å². The predicted octanol–water partition coefficient (Wildman–Crippen LogP) is 1.51. The fraction of sp³-hybridized carbons (Fsp3) is 0.529. The van der Waals surface area contributed by atoms with Crippen molar-refractivity contribution >= 4 is 11.9 Å². The molecule has 2 heterocycles. The Morgan fingerprint density at radius 1 is 1.22 bits per heavy atom. The fourth-order valence-corrected chi connectivity index (χ4v) is 3.18. The van der Waals surface area contributed by atoms with Crippen molar-refractivity contribution < 1.29 is 24.2 Å². The van der Waals surface area contributed by atoms with Gasteiger partial charge in [-0.25, -0.2) is 0 Å². The summed E-state index contributed by atoms with van der Waals surface area (Å²) in [7, 11) is 0. The summed E-state index contributed by atoms with van der Waals surface area (Å²) in [6, 6.07) is 7.19.